The summed E-state index contributed by atoms with van der Waals surface area (Å²) in [6.45, 7) is 6.90. The Hall–Kier alpha value is -1.85. The monoisotopic (exact) mass is 254 g/mol. The lowest BCUT2D eigenvalue weighted by molar-refractivity contribution is -0.141. The van der Waals surface area contributed by atoms with Gasteiger partial charge in [0.05, 0.1) is 12.8 Å². The second-order valence-corrected chi connectivity index (χ2v) is 4.25. The topological polar surface area (TPSA) is 72.6 Å². The molecule has 0 aliphatic carbocycles. The van der Waals surface area contributed by atoms with Gasteiger partial charge in [0, 0.05) is 13.0 Å². The number of methoxy groups -OCH3 is 1. The molecule has 0 aliphatic heterocycles. The van der Waals surface area contributed by atoms with Crippen LogP contribution in [0.25, 0.3) is 0 Å². The van der Waals surface area contributed by atoms with Gasteiger partial charge >= 0.3 is 5.97 Å². The SMILES string of the molecule is COC(=O)CN(C(=O)c1oc(C)nc1C)C(C)C. The third-order valence-electron chi connectivity index (χ3n) is 2.51. The average Bonchev–Trinajstić information content (AvgIpc) is 2.63. The fourth-order valence-corrected chi connectivity index (χ4v) is 1.55. The molecule has 0 bridgehead atoms. The second-order valence-electron chi connectivity index (χ2n) is 4.25. The molecule has 1 rings (SSSR count). The quantitative estimate of drug-likeness (QED) is 0.757. The fraction of sp³-hybridized carbons (Fsp3) is 0.583. The van der Waals surface area contributed by atoms with Crippen LogP contribution >= 0.6 is 0 Å². The molecule has 6 heteroatoms. The number of aryl methyl sites for hydroxylation is 2. The Labute approximate surface area is 106 Å². The van der Waals surface area contributed by atoms with Gasteiger partial charge in [0.25, 0.3) is 5.91 Å². The molecule has 0 unspecified atom stereocenters. The molecular formula is C12H18N2O4. The summed E-state index contributed by atoms with van der Waals surface area (Å²) >= 11 is 0. The number of oxazole rings is 1. The summed E-state index contributed by atoms with van der Waals surface area (Å²) in [6.07, 6.45) is 0. The number of hydrogen-bond donors (Lipinski definition) is 0. The summed E-state index contributed by atoms with van der Waals surface area (Å²) in [5.74, 6) is -0.220. The minimum absolute atomic E-state index is 0.105. The molecule has 1 aromatic rings. The summed E-state index contributed by atoms with van der Waals surface area (Å²) in [4.78, 5) is 29.0. The number of aromatic nitrogens is 1. The maximum Gasteiger partial charge on any atom is 0.325 e. The average molecular weight is 254 g/mol. The number of carbonyl (C=O) groups excluding carboxylic acids is 2. The van der Waals surface area contributed by atoms with Crippen LogP contribution in [0.1, 0.15) is 36.0 Å². The van der Waals surface area contributed by atoms with Crippen molar-refractivity contribution in [1.29, 1.82) is 0 Å². The van der Waals surface area contributed by atoms with E-state index < -0.39 is 5.97 Å². The third kappa shape index (κ3) is 3.09. The van der Waals surface area contributed by atoms with Gasteiger partial charge < -0.3 is 14.1 Å². The summed E-state index contributed by atoms with van der Waals surface area (Å²) in [5, 5.41) is 0. The molecule has 1 aromatic heterocycles. The number of hydrogen-bond acceptors (Lipinski definition) is 5. The van der Waals surface area contributed by atoms with Crippen LogP contribution in [-0.4, -0.2) is 41.5 Å². The van der Waals surface area contributed by atoms with Crippen LogP contribution in [0.3, 0.4) is 0 Å². The highest BCUT2D eigenvalue weighted by Crippen LogP contribution is 2.14. The summed E-state index contributed by atoms with van der Waals surface area (Å²) < 4.78 is 9.84. The molecule has 0 atom stereocenters. The number of nitrogens with zero attached hydrogens (tertiary/aromatic N) is 2. The summed E-state index contributed by atoms with van der Waals surface area (Å²) in [5.41, 5.74) is 0.521. The van der Waals surface area contributed by atoms with Gasteiger partial charge in [-0.15, -0.1) is 0 Å². The standard InChI is InChI=1S/C12H18N2O4/c1-7(2)14(6-10(15)17-5)12(16)11-8(3)13-9(4)18-11/h7H,6H2,1-5H3. The molecule has 0 radical (unpaired) electrons. The van der Waals surface area contributed by atoms with Crippen LogP contribution in [0.5, 0.6) is 0 Å². The highest BCUT2D eigenvalue weighted by Gasteiger charge is 2.26. The van der Waals surface area contributed by atoms with Crippen LogP contribution in [0.15, 0.2) is 4.42 Å². The maximum atomic E-state index is 12.3. The highest BCUT2D eigenvalue weighted by atomic mass is 16.5. The van der Waals surface area contributed by atoms with E-state index in [2.05, 4.69) is 9.72 Å². The molecule has 1 heterocycles. The van der Waals surface area contributed by atoms with E-state index in [0.29, 0.717) is 11.6 Å². The van der Waals surface area contributed by atoms with Crippen molar-refractivity contribution < 1.29 is 18.7 Å². The highest BCUT2D eigenvalue weighted by molar-refractivity contribution is 5.94. The van der Waals surface area contributed by atoms with Gasteiger partial charge in [-0.25, -0.2) is 4.98 Å². The van der Waals surface area contributed by atoms with Crippen molar-refractivity contribution in [3.63, 3.8) is 0 Å². The number of amides is 1. The molecule has 0 saturated carbocycles. The lowest BCUT2D eigenvalue weighted by Gasteiger charge is -2.24. The first-order valence-corrected chi connectivity index (χ1v) is 5.68. The van der Waals surface area contributed by atoms with E-state index in [1.807, 2.05) is 13.8 Å². The minimum Gasteiger partial charge on any atom is -0.468 e. The molecule has 1 amide bonds. The zero-order chi connectivity index (χ0) is 13.9. The van der Waals surface area contributed by atoms with Crippen LogP contribution in [-0.2, 0) is 9.53 Å². The third-order valence-corrected chi connectivity index (χ3v) is 2.51. The van der Waals surface area contributed by atoms with E-state index in [4.69, 9.17) is 4.42 Å². The first kappa shape index (κ1) is 14.2. The molecule has 0 fully saturated rings. The van der Waals surface area contributed by atoms with Crippen molar-refractivity contribution in [2.75, 3.05) is 13.7 Å². The molecule has 0 saturated heterocycles. The summed E-state index contributed by atoms with van der Waals surface area (Å²) in [7, 11) is 1.29. The molecular weight excluding hydrogens is 236 g/mol. The van der Waals surface area contributed by atoms with Crippen LogP contribution in [0.4, 0.5) is 0 Å². The Morgan fingerprint density at radius 3 is 2.39 bits per heavy atom. The van der Waals surface area contributed by atoms with Gasteiger partial charge in [-0.3, -0.25) is 9.59 Å². The van der Waals surface area contributed by atoms with Crippen molar-refractivity contribution in [2.45, 2.75) is 33.7 Å². The van der Waals surface area contributed by atoms with E-state index in [0.717, 1.165) is 0 Å². The maximum absolute atomic E-state index is 12.3. The normalized spacial score (nSPS) is 10.6. The van der Waals surface area contributed by atoms with E-state index in [-0.39, 0.29) is 24.3 Å². The predicted octanol–water partition coefficient (Wildman–Crippen LogP) is 1.32. The Morgan fingerprint density at radius 2 is 2.00 bits per heavy atom. The Morgan fingerprint density at radius 1 is 1.39 bits per heavy atom. The van der Waals surface area contributed by atoms with Crippen molar-refractivity contribution in [1.82, 2.24) is 9.88 Å². The lowest BCUT2D eigenvalue weighted by atomic mass is 10.2. The minimum atomic E-state index is -0.467. The fourth-order valence-electron chi connectivity index (χ4n) is 1.55. The Bertz CT molecular complexity index is 451. The molecule has 6 nitrogen and oxygen atoms in total. The van der Waals surface area contributed by atoms with Gasteiger partial charge in [-0.1, -0.05) is 0 Å². The predicted molar refractivity (Wildman–Crippen MR) is 64.2 cm³/mol. The molecule has 0 N–H and O–H groups in total. The van der Waals surface area contributed by atoms with Crippen LogP contribution in [0.2, 0.25) is 0 Å². The summed E-state index contributed by atoms with van der Waals surface area (Å²) in [6, 6.07) is -0.138. The number of esters is 1. The van der Waals surface area contributed by atoms with E-state index >= 15 is 0 Å². The second kappa shape index (κ2) is 5.66. The van der Waals surface area contributed by atoms with E-state index in [1.54, 1.807) is 13.8 Å². The smallest absolute Gasteiger partial charge is 0.325 e. The Balaban J connectivity index is 2.96. The number of ether oxygens (including phenoxy) is 1. The zero-order valence-electron chi connectivity index (χ0n) is 11.3. The first-order chi connectivity index (χ1) is 8.36. The van der Waals surface area contributed by atoms with Gasteiger partial charge in [0.1, 0.15) is 6.54 Å². The first-order valence-electron chi connectivity index (χ1n) is 5.68. The largest absolute Gasteiger partial charge is 0.468 e. The van der Waals surface area contributed by atoms with Gasteiger partial charge in [-0.2, -0.15) is 0 Å². The van der Waals surface area contributed by atoms with Crippen molar-refractivity contribution in [2.24, 2.45) is 0 Å². The molecule has 0 aliphatic rings. The van der Waals surface area contributed by atoms with Gasteiger partial charge in [-0.05, 0) is 20.8 Å². The van der Waals surface area contributed by atoms with E-state index in [9.17, 15) is 9.59 Å². The number of carbonyl (C=O) groups is 2. The van der Waals surface area contributed by atoms with Crippen LogP contribution < -0.4 is 0 Å². The Kier molecular flexibility index (Phi) is 4.47. The molecule has 100 valence electrons. The zero-order valence-corrected chi connectivity index (χ0v) is 11.3. The molecule has 0 spiro atoms. The van der Waals surface area contributed by atoms with Gasteiger partial charge in [0.15, 0.2) is 5.89 Å². The van der Waals surface area contributed by atoms with Crippen LogP contribution in [0, 0.1) is 13.8 Å². The molecule has 0 aromatic carbocycles. The molecule has 18 heavy (non-hydrogen) atoms. The van der Waals surface area contributed by atoms with Crippen molar-refractivity contribution in [3.05, 3.63) is 17.3 Å². The van der Waals surface area contributed by atoms with Gasteiger partial charge in [0.2, 0.25) is 5.76 Å². The van der Waals surface area contributed by atoms with Crippen molar-refractivity contribution >= 4 is 11.9 Å². The lowest BCUT2D eigenvalue weighted by Crippen LogP contribution is -2.41. The van der Waals surface area contributed by atoms with E-state index in [1.165, 1.54) is 12.0 Å². The van der Waals surface area contributed by atoms with Crippen molar-refractivity contribution in [3.8, 4) is 0 Å². The number of rotatable bonds is 4.